The van der Waals surface area contributed by atoms with E-state index >= 15 is 0 Å². The van der Waals surface area contributed by atoms with Crippen LogP contribution in [-0.2, 0) is 27.3 Å². The van der Waals surface area contributed by atoms with Crippen molar-refractivity contribution in [3.8, 4) is 11.5 Å². The van der Waals surface area contributed by atoms with Gasteiger partial charge in [-0.05, 0) is 115 Å². The van der Waals surface area contributed by atoms with E-state index in [1.807, 2.05) is 97.1 Å². The normalized spacial score (nSPS) is 17.2. The van der Waals surface area contributed by atoms with Gasteiger partial charge in [0.25, 0.3) is 0 Å². The van der Waals surface area contributed by atoms with Gasteiger partial charge in [0, 0.05) is 37.6 Å². The minimum atomic E-state index is -0.899. The first kappa shape index (κ1) is 47.5. The van der Waals surface area contributed by atoms with Crippen molar-refractivity contribution in [3.63, 3.8) is 0 Å². The highest BCUT2D eigenvalue weighted by Crippen LogP contribution is 2.32. The average Bonchev–Trinajstić information content (AvgIpc) is 3.36. The largest absolute Gasteiger partial charge is 0.506 e. The van der Waals surface area contributed by atoms with E-state index in [9.17, 15) is 29.4 Å². The highest BCUT2D eigenvalue weighted by atomic mass is 16.6. The molecular weight excluding hydrogens is 863 g/mol. The molecule has 0 radical (unpaired) electrons. The van der Waals surface area contributed by atoms with Gasteiger partial charge >= 0.3 is 12.1 Å². The molecule has 3 saturated heterocycles. The second-order valence-electron chi connectivity index (χ2n) is 17.5. The van der Waals surface area contributed by atoms with Crippen LogP contribution in [0.4, 0.5) is 4.79 Å². The Hall–Kier alpha value is -7.00. The standard InChI is InChI=1S/C54H59N5O9/c60-46-22-20-44(45-21-23-49(62)56-52(45)46)47(61)34-55-26-8-27-59(50(63)32-37-10-3-1-4-11-37)28-9-31-66-53(64)41-18-16-38(17-19-41)36-67-43-15-7-14-42(33-43)51(40-12-5-2-6-13-40)57-54(65)68-48-35-58-29-24-39(48)25-30-58/h1-7,10-23,33,39,47-48,51,55,60-61H,8-9,24-32,34-36H2,(H,56,62)(H,57,65). The monoisotopic (exact) mass is 921 g/mol. The van der Waals surface area contributed by atoms with Crippen LogP contribution in [0, 0.1) is 5.92 Å². The predicted octanol–water partition coefficient (Wildman–Crippen LogP) is 7.05. The van der Waals surface area contributed by atoms with Crippen molar-refractivity contribution in [1.29, 1.82) is 0 Å². The van der Waals surface area contributed by atoms with Crippen LogP contribution in [0.3, 0.4) is 0 Å². The Balaban J connectivity index is 0.796. The van der Waals surface area contributed by atoms with Crippen LogP contribution in [-0.4, -0.2) is 101 Å². The van der Waals surface area contributed by atoms with E-state index in [1.54, 1.807) is 29.2 Å². The van der Waals surface area contributed by atoms with Crippen LogP contribution in [0.25, 0.3) is 10.9 Å². The quantitative estimate of drug-likeness (QED) is 0.0369. The fraction of sp³-hybridized carbons (Fsp3) is 0.333. The number of pyridine rings is 1. The number of esters is 1. The smallest absolute Gasteiger partial charge is 0.408 e. The number of aliphatic hydroxyl groups excluding tert-OH is 1. The lowest BCUT2D eigenvalue weighted by Gasteiger charge is -2.43. The number of H-pyrrole nitrogens is 1. The molecule has 3 atom stereocenters. The number of hydrogen-bond acceptors (Lipinski definition) is 11. The zero-order valence-corrected chi connectivity index (χ0v) is 38.1. The van der Waals surface area contributed by atoms with Crippen molar-refractivity contribution in [2.24, 2.45) is 5.92 Å². The summed E-state index contributed by atoms with van der Waals surface area (Å²) in [4.78, 5) is 58.4. The lowest BCUT2D eigenvalue weighted by molar-refractivity contribution is -0.130. The van der Waals surface area contributed by atoms with Crippen molar-refractivity contribution in [2.45, 2.75) is 57.0 Å². The van der Waals surface area contributed by atoms with Crippen molar-refractivity contribution in [1.82, 2.24) is 25.4 Å². The molecule has 14 heteroatoms. The van der Waals surface area contributed by atoms with E-state index in [0.29, 0.717) is 60.7 Å². The summed E-state index contributed by atoms with van der Waals surface area (Å²) in [5, 5.41) is 28.1. The van der Waals surface area contributed by atoms with E-state index in [4.69, 9.17) is 14.2 Å². The number of rotatable bonds is 21. The number of phenolic OH excluding ortho intramolecular Hbond substituents is 1. The average molecular weight is 922 g/mol. The number of amides is 2. The number of carbonyl (C=O) groups is 3. The first-order valence-electron chi connectivity index (χ1n) is 23.5. The van der Waals surface area contributed by atoms with Gasteiger partial charge in [-0.2, -0.15) is 0 Å². The number of hydrogen-bond donors (Lipinski definition) is 5. The number of aromatic hydroxyl groups is 1. The van der Waals surface area contributed by atoms with E-state index in [-0.39, 0.29) is 55.0 Å². The van der Waals surface area contributed by atoms with Crippen LogP contribution in [0.15, 0.2) is 138 Å². The van der Waals surface area contributed by atoms with Gasteiger partial charge in [-0.1, -0.05) is 91.0 Å². The van der Waals surface area contributed by atoms with Gasteiger partial charge in [0.15, 0.2) is 0 Å². The van der Waals surface area contributed by atoms with Gasteiger partial charge in [0.2, 0.25) is 11.5 Å². The molecule has 4 heterocycles. The van der Waals surface area contributed by atoms with E-state index in [0.717, 1.165) is 54.7 Å². The molecule has 3 aliphatic rings. The Morgan fingerprint density at radius 2 is 1.54 bits per heavy atom. The summed E-state index contributed by atoms with van der Waals surface area (Å²) in [6, 6.07) is 39.6. The molecular formula is C54H59N5O9. The van der Waals surface area contributed by atoms with Gasteiger partial charge in [-0.3, -0.25) is 14.5 Å². The molecule has 3 aliphatic heterocycles. The van der Waals surface area contributed by atoms with E-state index < -0.39 is 24.2 Å². The molecule has 354 valence electrons. The Bertz CT molecular complexity index is 2670. The molecule has 5 aromatic carbocycles. The zero-order chi connectivity index (χ0) is 47.2. The molecule has 0 saturated carbocycles. The molecule has 0 spiro atoms. The Morgan fingerprint density at radius 1 is 0.809 bits per heavy atom. The Morgan fingerprint density at radius 3 is 2.29 bits per heavy atom. The number of phenols is 1. The number of nitrogens with one attached hydrogen (secondary N) is 3. The molecule has 2 amide bonds. The summed E-state index contributed by atoms with van der Waals surface area (Å²) in [5.41, 5.74) is 4.43. The number of nitrogens with zero attached hydrogens (tertiary/aromatic N) is 2. The Labute approximate surface area is 395 Å². The number of carbonyl (C=O) groups excluding carboxylic acids is 3. The number of aliphatic hydroxyl groups is 1. The van der Waals surface area contributed by atoms with Crippen LogP contribution < -0.4 is 20.9 Å². The van der Waals surface area contributed by atoms with Crippen LogP contribution in [0.1, 0.15) is 76.0 Å². The summed E-state index contributed by atoms with van der Waals surface area (Å²) >= 11 is 0. The van der Waals surface area contributed by atoms with E-state index in [1.165, 1.54) is 12.1 Å². The maximum atomic E-state index is 13.5. The minimum Gasteiger partial charge on any atom is -0.506 e. The molecule has 6 aromatic rings. The zero-order valence-electron chi connectivity index (χ0n) is 38.1. The van der Waals surface area contributed by atoms with Crippen molar-refractivity contribution in [3.05, 3.63) is 177 Å². The van der Waals surface area contributed by atoms with Crippen molar-refractivity contribution in [2.75, 3.05) is 52.4 Å². The van der Waals surface area contributed by atoms with Gasteiger partial charge < -0.3 is 44.9 Å². The molecule has 0 aliphatic carbocycles. The maximum absolute atomic E-state index is 13.5. The van der Waals surface area contributed by atoms with Gasteiger partial charge in [-0.25, -0.2) is 9.59 Å². The van der Waals surface area contributed by atoms with Crippen LogP contribution in [0.5, 0.6) is 11.5 Å². The van der Waals surface area contributed by atoms with Crippen molar-refractivity contribution < 1.29 is 38.8 Å². The number of piperidine rings is 3. The lowest BCUT2D eigenvalue weighted by atomic mass is 9.86. The summed E-state index contributed by atoms with van der Waals surface area (Å²) in [6.45, 7) is 4.89. The third-order valence-electron chi connectivity index (χ3n) is 12.8. The number of aromatic amines is 1. The molecule has 1 aromatic heterocycles. The maximum Gasteiger partial charge on any atom is 0.408 e. The third-order valence-corrected chi connectivity index (χ3v) is 12.8. The molecule has 14 nitrogen and oxygen atoms in total. The summed E-state index contributed by atoms with van der Waals surface area (Å²) in [6.07, 6.45) is 1.97. The minimum absolute atomic E-state index is 0.0381. The number of fused-ring (bicyclic) bond motifs is 4. The highest BCUT2D eigenvalue weighted by Gasteiger charge is 2.37. The molecule has 3 unspecified atom stereocenters. The number of aromatic nitrogens is 1. The summed E-state index contributed by atoms with van der Waals surface area (Å²) < 4.78 is 17.8. The summed E-state index contributed by atoms with van der Waals surface area (Å²) in [7, 11) is 0. The predicted molar refractivity (Wildman–Crippen MR) is 258 cm³/mol. The first-order chi connectivity index (χ1) is 33.2. The number of benzene rings is 5. The molecule has 9 rings (SSSR count). The molecule has 68 heavy (non-hydrogen) atoms. The fourth-order valence-electron chi connectivity index (χ4n) is 9.07. The number of ether oxygens (including phenoxy) is 3. The fourth-order valence-corrected chi connectivity index (χ4v) is 9.07. The molecule has 5 N–H and O–H groups in total. The second-order valence-corrected chi connectivity index (χ2v) is 17.5. The molecule has 2 bridgehead atoms. The van der Waals surface area contributed by atoms with Crippen LogP contribution >= 0.6 is 0 Å². The first-order valence-corrected chi connectivity index (χ1v) is 23.5. The second kappa shape index (κ2) is 23.1. The van der Waals surface area contributed by atoms with Crippen molar-refractivity contribution >= 4 is 28.9 Å². The summed E-state index contributed by atoms with van der Waals surface area (Å²) in [5.74, 6) is 0.461. The van der Waals surface area contributed by atoms with Gasteiger partial charge in [-0.15, -0.1) is 0 Å². The topological polar surface area (TPSA) is 183 Å². The van der Waals surface area contributed by atoms with Gasteiger partial charge in [0.05, 0.1) is 36.3 Å². The van der Waals surface area contributed by atoms with E-state index in [2.05, 4.69) is 20.5 Å². The molecule has 3 fully saturated rings. The van der Waals surface area contributed by atoms with Crippen LogP contribution in [0.2, 0.25) is 0 Å². The van der Waals surface area contributed by atoms with Gasteiger partial charge in [0.1, 0.15) is 24.2 Å². The Kier molecular flexibility index (Phi) is 16.2. The third kappa shape index (κ3) is 12.7. The SMILES string of the molecule is O=C(NC(c1ccccc1)c1cccc(OCc2ccc(C(=O)OCCCN(CCCNCC(O)c3ccc(O)c4[nH]c(=O)ccc34)C(=O)Cc3ccccc3)cc2)c1)OC1CN2CCC1CC2. The number of alkyl carbamates (subject to hydrolysis) is 1. The lowest BCUT2D eigenvalue weighted by Crippen LogP contribution is -2.52. The highest BCUT2D eigenvalue weighted by molar-refractivity contribution is 5.89.